The lowest BCUT2D eigenvalue weighted by molar-refractivity contribution is 0.238. The zero-order valence-corrected chi connectivity index (χ0v) is 12.6. The average Bonchev–Trinajstić information content (AvgIpc) is 2.39. The lowest BCUT2D eigenvalue weighted by Crippen LogP contribution is -2.40. The molecule has 2 aromatic rings. The number of benzene rings is 1. The Labute approximate surface area is 123 Å². The molecule has 2 rings (SSSR count). The largest absolute Gasteiger partial charge is 0.338 e. The van der Waals surface area contributed by atoms with Crippen LogP contribution in [0.5, 0.6) is 0 Å². The highest BCUT2D eigenvalue weighted by molar-refractivity contribution is 5.79. The Morgan fingerprint density at radius 3 is 2.76 bits per heavy atom. The lowest BCUT2D eigenvalue weighted by atomic mass is 10.1. The van der Waals surface area contributed by atoms with Crippen LogP contribution in [0.15, 0.2) is 29.1 Å². The van der Waals surface area contributed by atoms with Crippen LogP contribution >= 0.6 is 0 Å². The van der Waals surface area contributed by atoms with E-state index < -0.39 is 0 Å². The van der Waals surface area contributed by atoms with E-state index in [1.165, 1.54) is 0 Å². The van der Waals surface area contributed by atoms with Gasteiger partial charge in [-0.1, -0.05) is 11.6 Å². The molecule has 0 bridgehead atoms. The molecule has 3 N–H and O–H groups in total. The molecule has 1 heterocycles. The maximum atomic E-state index is 12.0. The first kappa shape index (κ1) is 15.1. The van der Waals surface area contributed by atoms with E-state index in [0.29, 0.717) is 18.5 Å². The molecule has 0 radical (unpaired) electrons. The minimum Gasteiger partial charge on any atom is -0.338 e. The molecular weight excluding hydrogens is 266 g/mol. The Bertz CT molecular complexity index is 704. The van der Waals surface area contributed by atoms with E-state index in [4.69, 9.17) is 0 Å². The number of hydrogen-bond donors (Lipinski definition) is 3. The number of hydrogen-bond acceptors (Lipinski definition) is 2. The van der Waals surface area contributed by atoms with Gasteiger partial charge in [0.05, 0.1) is 0 Å². The summed E-state index contributed by atoms with van der Waals surface area (Å²) in [5.41, 5.74) is 2.56. The van der Waals surface area contributed by atoms with E-state index in [-0.39, 0.29) is 17.6 Å². The van der Waals surface area contributed by atoms with Crippen LogP contribution in [-0.2, 0) is 6.42 Å². The quantitative estimate of drug-likeness (QED) is 0.805. The fraction of sp³-hybridized carbons (Fsp3) is 0.375. The highest BCUT2D eigenvalue weighted by Crippen LogP contribution is 2.13. The topological polar surface area (TPSA) is 74.0 Å². The van der Waals surface area contributed by atoms with Gasteiger partial charge >= 0.3 is 6.03 Å². The summed E-state index contributed by atoms with van der Waals surface area (Å²) in [6.07, 6.45) is 0.505. The van der Waals surface area contributed by atoms with Crippen molar-refractivity contribution in [3.63, 3.8) is 0 Å². The third kappa shape index (κ3) is 4.08. The van der Waals surface area contributed by atoms with Crippen LogP contribution in [0, 0.1) is 6.92 Å². The van der Waals surface area contributed by atoms with E-state index in [1.807, 2.05) is 45.0 Å². The minimum atomic E-state index is -0.210. The molecule has 1 aromatic heterocycles. The van der Waals surface area contributed by atoms with Crippen molar-refractivity contribution < 1.29 is 4.79 Å². The van der Waals surface area contributed by atoms with Crippen LogP contribution in [0.3, 0.4) is 0 Å². The van der Waals surface area contributed by atoms with E-state index in [2.05, 4.69) is 15.6 Å². The Morgan fingerprint density at radius 1 is 1.29 bits per heavy atom. The van der Waals surface area contributed by atoms with E-state index >= 15 is 0 Å². The number of carbonyl (C=O) groups excluding carboxylic acids is 1. The van der Waals surface area contributed by atoms with Crippen molar-refractivity contribution in [3.8, 4) is 0 Å². The number of aryl methyl sites for hydroxylation is 1. The number of pyridine rings is 1. The number of H-pyrrole nitrogens is 1. The van der Waals surface area contributed by atoms with E-state index in [9.17, 15) is 9.59 Å². The van der Waals surface area contributed by atoms with Gasteiger partial charge in [0, 0.05) is 23.7 Å². The van der Waals surface area contributed by atoms with Gasteiger partial charge in [-0.25, -0.2) is 4.79 Å². The normalized spacial score (nSPS) is 10.9. The molecule has 0 unspecified atom stereocenters. The van der Waals surface area contributed by atoms with Gasteiger partial charge in [-0.3, -0.25) is 4.79 Å². The monoisotopic (exact) mass is 287 g/mol. The summed E-state index contributed by atoms with van der Waals surface area (Å²) in [6, 6.07) is 7.69. The number of carbonyl (C=O) groups is 1. The van der Waals surface area contributed by atoms with Crippen molar-refractivity contribution >= 4 is 16.9 Å². The summed E-state index contributed by atoms with van der Waals surface area (Å²) in [7, 11) is 0. The predicted molar refractivity (Wildman–Crippen MR) is 84.7 cm³/mol. The molecule has 0 spiro atoms. The molecule has 0 fully saturated rings. The standard InChI is InChI=1S/C16H21N3O2/c1-10(2)18-16(21)17-7-6-12-9-13-8-11(3)4-5-14(13)19-15(12)20/h4-5,8-10H,6-7H2,1-3H3,(H,19,20)(H2,17,18,21). The number of urea groups is 1. The molecule has 21 heavy (non-hydrogen) atoms. The third-order valence-corrected chi connectivity index (χ3v) is 3.18. The zero-order chi connectivity index (χ0) is 15.4. The van der Waals surface area contributed by atoms with Gasteiger partial charge in [0.25, 0.3) is 5.56 Å². The average molecular weight is 287 g/mol. The lowest BCUT2D eigenvalue weighted by Gasteiger charge is -2.10. The van der Waals surface area contributed by atoms with E-state index in [1.54, 1.807) is 0 Å². The van der Waals surface area contributed by atoms with Crippen molar-refractivity contribution in [1.29, 1.82) is 0 Å². The highest BCUT2D eigenvalue weighted by atomic mass is 16.2. The fourth-order valence-electron chi connectivity index (χ4n) is 2.18. The van der Waals surface area contributed by atoms with Crippen molar-refractivity contribution in [2.45, 2.75) is 33.2 Å². The number of nitrogens with one attached hydrogen (secondary N) is 3. The molecule has 1 aromatic carbocycles. The Morgan fingerprint density at radius 2 is 2.05 bits per heavy atom. The molecule has 2 amide bonds. The number of fused-ring (bicyclic) bond motifs is 1. The number of aromatic nitrogens is 1. The Balaban J connectivity index is 2.06. The van der Waals surface area contributed by atoms with Gasteiger partial charge < -0.3 is 15.6 Å². The molecule has 112 valence electrons. The molecular formula is C16H21N3O2. The van der Waals surface area contributed by atoms with Gasteiger partial charge in [0.1, 0.15) is 0 Å². The first-order chi connectivity index (χ1) is 9.95. The van der Waals surface area contributed by atoms with Crippen molar-refractivity contribution in [1.82, 2.24) is 15.6 Å². The molecule has 0 saturated carbocycles. The number of rotatable bonds is 4. The molecule has 0 aliphatic carbocycles. The van der Waals surface area contributed by atoms with Crippen LogP contribution in [0.4, 0.5) is 4.79 Å². The summed E-state index contributed by atoms with van der Waals surface area (Å²) < 4.78 is 0. The predicted octanol–water partition coefficient (Wildman–Crippen LogP) is 2.09. The number of aromatic amines is 1. The minimum absolute atomic E-state index is 0.0945. The molecule has 0 aliphatic rings. The van der Waals surface area contributed by atoms with Crippen molar-refractivity contribution in [2.75, 3.05) is 6.54 Å². The smallest absolute Gasteiger partial charge is 0.314 e. The SMILES string of the molecule is Cc1ccc2[nH]c(=O)c(CCNC(=O)NC(C)C)cc2c1. The highest BCUT2D eigenvalue weighted by Gasteiger charge is 2.05. The van der Waals surface area contributed by atoms with Crippen molar-refractivity contribution in [2.24, 2.45) is 0 Å². The summed E-state index contributed by atoms with van der Waals surface area (Å²) in [5.74, 6) is 0. The van der Waals surface area contributed by atoms with Crippen LogP contribution in [0.25, 0.3) is 10.9 Å². The maximum absolute atomic E-state index is 12.0. The van der Waals surface area contributed by atoms with Gasteiger partial charge in [-0.05, 0) is 50.8 Å². The first-order valence-corrected chi connectivity index (χ1v) is 7.12. The van der Waals surface area contributed by atoms with E-state index in [0.717, 1.165) is 16.5 Å². The summed E-state index contributed by atoms with van der Waals surface area (Å²) >= 11 is 0. The van der Waals surface area contributed by atoms with Gasteiger partial charge in [0.15, 0.2) is 0 Å². The second kappa shape index (κ2) is 6.43. The van der Waals surface area contributed by atoms with Gasteiger partial charge in [-0.2, -0.15) is 0 Å². The van der Waals surface area contributed by atoms with Crippen molar-refractivity contribution in [3.05, 3.63) is 45.7 Å². The summed E-state index contributed by atoms with van der Waals surface area (Å²) in [6.45, 7) is 6.24. The molecule has 5 nitrogen and oxygen atoms in total. The summed E-state index contributed by atoms with van der Waals surface area (Å²) in [5, 5.41) is 6.50. The van der Waals surface area contributed by atoms with Crippen LogP contribution in [-0.4, -0.2) is 23.6 Å². The molecule has 0 saturated heterocycles. The zero-order valence-electron chi connectivity index (χ0n) is 12.6. The first-order valence-electron chi connectivity index (χ1n) is 7.12. The molecule has 5 heteroatoms. The number of amides is 2. The summed E-state index contributed by atoms with van der Waals surface area (Å²) in [4.78, 5) is 26.3. The Hall–Kier alpha value is -2.30. The van der Waals surface area contributed by atoms with Crippen LogP contribution in [0.2, 0.25) is 0 Å². The fourth-order valence-corrected chi connectivity index (χ4v) is 2.18. The van der Waals surface area contributed by atoms with Gasteiger partial charge in [-0.15, -0.1) is 0 Å². The van der Waals surface area contributed by atoms with Crippen LogP contribution in [0.1, 0.15) is 25.0 Å². The molecule has 0 aliphatic heterocycles. The maximum Gasteiger partial charge on any atom is 0.314 e. The van der Waals surface area contributed by atoms with Gasteiger partial charge in [0.2, 0.25) is 0 Å². The second-order valence-electron chi connectivity index (χ2n) is 5.52. The molecule has 0 atom stereocenters. The second-order valence-corrected chi connectivity index (χ2v) is 5.52. The Kier molecular flexibility index (Phi) is 4.62. The third-order valence-electron chi connectivity index (χ3n) is 3.18. The van der Waals surface area contributed by atoms with Crippen LogP contribution < -0.4 is 16.2 Å².